The van der Waals surface area contributed by atoms with Gasteiger partial charge in [-0.05, 0) is 36.4 Å². The Morgan fingerprint density at radius 3 is 2.17 bits per heavy atom. The Bertz CT molecular complexity index is 990. The minimum Gasteiger partial charge on any atom is -0.351 e. The molecule has 0 aliphatic heterocycles. The largest absolute Gasteiger partial charge is 0.417 e. The molecule has 0 unspecified atom stereocenters. The van der Waals surface area contributed by atoms with Gasteiger partial charge in [0.2, 0.25) is 15.9 Å². The van der Waals surface area contributed by atoms with Crippen molar-refractivity contribution in [2.24, 2.45) is 0 Å². The Balaban J connectivity index is 1.93. The average molecular weight is 429 g/mol. The highest BCUT2D eigenvalue weighted by Crippen LogP contribution is 2.33. The summed E-state index contributed by atoms with van der Waals surface area (Å²) in [5, 5.41) is 5.00. The lowest BCUT2D eigenvalue weighted by molar-refractivity contribution is -0.139. The van der Waals surface area contributed by atoms with Gasteiger partial charge >= 0.3 is 6.18 Å². The minimum absolute atomic E-state index is 0.139. The first-order valence-corrected chi connectivity index (χ1v) is 9.81. The lowest BCUT2D eigenvalue weighted by Gasteiger charge is -2.14. The van der Waals surface area contributed by atoms with Crippen LogP contribution in [0, 0.1) is 0 Å². The van der Waals surface area contributed by atoms with Gasteiger partial charge in [0.25, 0.3) is 5.91 Å². The molecule has 0 heterocycles. The molecule has 0 atom stereocenters. The number of alkyl halides is 3. The molecule has 7 nitrogen and oxygen atoms in total. The smallest absolute Gasteiger partial charge is 0.351 e. The number of amides is 2. The zero-order chi connectivity index (χ0) is 21.7. The highest BCUT2D eigenvalue weighted by Gasteiger charge is 2.36. The summed E-state index contributed by atoms with van der Waals surface area (Å²) in [6.45, 7) is 0.902. The Labute approximate surface area is 165 Å². The lowest BCUT2D eigenvalue weighted by atomic mass is 10.2. The molecule has 0 fully saturated rings. The third kappa shape index (κ3) is 6.29. The van der Waals surface area contributed by atoms with Crippen molar-refractivity contribution in [1.29, 1.82) is 0 Å². The molecule has 0 aliphatic carbocycles. The monoisotopic (exact) mass is 429 g/mol. The summed E-state index contributed by atoms with van der Waals surface area (Å²) >= 11 is 0. The lowest BCUT2D eigenvalue weighted by Crippen LogP contribution is -2.35. The molecule has 0 aromatic heterocycles. The second kappa shape index (κ2) is 9.05. The zero-order valence-corrected chi connectivity index (χ0v) is 16.0. The van der Waals surface area contributed by atoms with Crippen molar-refractivity contribution in [2.45, 2.75) is 18.0 Å². The van der Waals surface area contributed by atoms with Gasteiger partial charge in [0.1, 0.15) is 0 Å². The fourth-order valence-electron chi connectivity index (χ4n) is 2.38. The highest BCUT2D eigenvalue weighted by atomic mass is 32.2. The number of carbonyl (C=O) groups is 2. The van der Waals surface area contributed by atoms with E-state index in [0.29, 0.717) is 11.8 Å². The van der Waals surface area contributed by atoms with Crippen LogP contribution in [0.3, 0.4) is 0 Å². The van der Waals surface area contributed by atoms with E-state index in [-0.39, 0.29) is 24.6 Å². The maximum absolute atomic E-state index is 13.0. The third-order valence-corrected chi connectivity index (χ3v) is 5.17. The molecule has 0 spiro atoms. The van der Waals surface area contributed by atoms with Gasteiger partial charge < -0.3 is 10.6 Å². The molecular formula is C18H18F3N3O4S. The van der Waals surface area contributed by atoms with E-state index in [1.165, 1.54) is 37.3 Å². The van der Waals surface area contributed by atoms with E-state index >= 15 is 0 Å². The van der Waals surface area contributed by atoms with Crippen molar-refractivity contribution in [1.82, 2.24) is 10.0 Å². The Morgan fingerprint density at radius 2 is 1.59 bits per heavy atom. The van der Waals surface area contributed by atoms with E-state index in [1.54, 1.807) is 0 Å². The molecule has 0 saturated carbocycles. The van der Waals surface area contributed by atoms with Crippen LogP contribution in [0.1, 0.15) is 22.8 Å². The molecule has 2 amide bonds. The third-order valence-electron chi connectivity index (χ3n) is 3.65. The first-order valence-electron chi connectivity index (χ1n) is 8.32. The molecule has 0 aliphatic rings. The maximum atomic E-state index is 13.0. The number of rotatable bonds is 7. The first-order chi connectivity index (χ1) is 13.5. The number of anilines is 1. The number of carbonyl (C=O) groups excluding carboxylic acids is 2. The first kappa shape index (κ1) is 22.4. The van der Waals surface area contributed by atoms with Crippen LogP contribution >= 0.6 is 0 Å². The summed E-state index contributed by atoms with van der Waals surface area (Å²) in [6, 6.07) is 9.80. The summed E-state index contributed by atoms with van der Waals surface area (Å²) in [7, 11) is -4.42. The number of hydrogen-bond acceptors (Lipinski definition) is 4. The van der Waals surface area contributed by atoms with E-state index in [4.69, 9.17) is 0 Å². The number of sulfonamides is 1. The van der Waals surface area contributed by atoms with Gasteiger partial charge in [-0.2, -0.15) is 13.2 Å². The minimum atomic E-state index is -4.82. The summed E-state index contributed by atoms with van der Waals surface area (Å²) in [5.41, 5.74) is -0.495. The van der Waals surface area contributed by atoms with Gasteiger partial charge in [-0.3, -0.25) is 9.59 Å². The molecule has 156 valence electrons. The van der Waals surface area contributed by atoms with Gasteiger partial charge in [-0.1, -0.05) is 12.1 Å². The summed E-state index contributed by atoms with van der Waals surface area (Å²) in [6.07, 6.45) is -4.82. The SMILES string of the molecule is CC(=O)Nc1ccc(C(=O)NCCNS(=O)(=O)c2ccccc2C(F)(F)F)cc1. The molecule has 2 rings (SSSR count). The molecule has 2 aromatic rings. The van der Waals surface area contributed by atoms with Gasteiger partial charge in [0.15, 0.2) is 0 Å². The van der Waals surface area contributed by atoms with Crippen molar-refractivity contribution < 1.29 is 31.2 Å². The predicted octanol–water partition coefficient (Wildman–Crippen LogP) is 2.37. The van der Waals surface area contributed by atoms with Gasteiger partial charge in [0.05, 0.1) is 10.5 Å². The Kier molecular flexibility index (Phi) is 6.98. The summed E-state index contributed by atoms with van der Waals surface area (Å²) < 4.78 is 65.4. The van der Waals surface area contributed by atoms with Gasteiger partial charge in [0, 0.05) is 31.3 Å². The van der Waals surface area contributed by atoms with Gasteiger partial charge in [-0.15, -0.1) is 0 Å². The normalized spacial score (nSPS) is 11.7. The molecule has 3 N–H and O–H groups in total. The van der Waals surface area contributed by atoms with E-state index in [0.717, 1.165) is 12.1 Å². The number of benzene rings is 2. The van der Waals surface area contributed by atoms with E-state index < -0.39 is 32.6 Å². The second-order valence-corrected chi connectivity index (χ2v) is 7.64. The molecule has 29 heavy (non-hydrogen) atoms. The second-order valence-electron chi connectivity index (χ2n) is 5.91. The van der Waals surface area contributed by atoms with E-state index in [9.17, 15) is 31.2 Å². The fraction of sp³-hybridized carbons (Fsp3) is 0.222. The quantitative estimate of drug-likeness (QED) is 0.588. The van der Waals surface area contributed by atoms with Crippen LogP contribution in [0.15, 0.2) is 53.4 Å². The summed E-state index contributed by atoms with van der Waals surface area (Å²) in [4.78, 5) is 22.1. The van der Waals surface area contributed by atoms with Crippen LogP contribution in [-0.4, -0.2) is 33.3 Å². The number of hydrogen-bond donors (Lipinski definition) is 3. The predicted molar refractivity (Wildman–Crippen MR) is 99.7 cm³/mol. The maximum Gasteiger partial charge on any atom is 0.417 e. The zero-order valence-electron chi connectivity index (χ0n) is 15.2. The molecule has 0 radical (unpaired) electrons. The van der Waals surface area contributed by atoms with Crippen LogP contribution < -0.4 is 15.4 Å². The molecule has 11 heteroatoms. The van der Waals surface area contributed by atoms with E-state index in [2.05, 4.69) is 10.6 Å². The van der Waals surface area contributed by atoms with Crippen molar-refractivity contribution in [2.75, 3.05) is 18.4 Å². The molecule has 0 bridgehead atoms. The van der Waals surface area contributed by atoms with E-state index in [1.807, 2.05) is 4.72 Å². The topological polar surface area (TPSA) is 104 Å². The Hall–Kier alpha value is -2.92. The standard InChI is InChI=1S/C18H18F3N3O4S/c1-12(25)24-14-8-6-13(7-9-14)17(26)22-10-11-23-29(27,28)16-5-3-2-4-15(16)18(19,20)21/h2-9,23H,10-11H2,1H3,(H,22,26)(H,24,25). The number of nitrogens with one attached hydrogen (secondary N) is 3. The van der Waals surface area contributed by atoms with Crippen LogP contribution in [0.5, 0.6) is 0 Å². The number of halogens is 3. The van der Waals surface area contributed by atoms with Crippen LogP contribution in [0.25, 0.3) is 0 Å². The van der Waals surface area contributed by atoms with Crippen molar-refractivity contribution in [3.63, 3.8) is 0 Å². The highest BCUT2D eigenvalue weighted by molar-refractivity contribution is 7.89. The van der Waals surface area contributed by atoms with Crippen molar-refractivity contribution in [3.05, 3.63) is 59.7 Å². The molecule has 0 saturated heterocycles. The molecular weight excluding hydrogens is 411 g/mol. The average Bonchev–Trinajstić information content (AvgIpc) is 2.64. The fourth-order valence-corrected chi connectivity index (χ4v) is 3.64. The summed E-state index contributed by atoms with van der Waals surface area (Å²) in [5.74, 6) is -0.768. The van der Waals surface area contributed by atoms with Crippen molar-refractivity contribution in [3.8, 4) is 0 Å². The molecule has 2 aromatic carbocycles. The van der Waals surface area contributed by atoms with Crippen LogP contribution in [-0.2, 0) is 21.0 Å². The van der Waals surface area contributed by atoms with Crippen LogP contribution in [0.2, 0.25) is 0 Å². The van der Waals surface area contributed by atoms with Crippen LogP contribution in [0.4, 0.5) is 18.9 Å². The van der Waals surface area contributed by atoms with Gasteiger partial charge in [-0.25, -0.2) is 13.1 Å². The Morgan fingerprint density at radius 1 is 0.966 bits per heavy atom. The van der Waals surface area contributed by atoms with Crippen molar-refractivity contribution >= 4 is 27.5 Å².